The van der Waals surface area contributed by atoms with Crippen molar-refractivity contribution in [2.75, 3.05) is 11.5 Å². The van der Waals surface area contributed by atoms with E-state index in [1.807, 2.05) is 18.2 Å². The number of hydrogen-bond donors (Lipinski definition) is 3. The predicted octanol–water partition coefficient (Wildman–Crippen LogP) is 1.21. The summed E-state index contributed by atoms with van der Waals surface area (Å²) in [6.45, 7) is 0. The standard InChI is InChI=1S/C7H7NO3.C5H6N2.C5H5N/c8-4-1-2-6(9)5(3-4)7(10)11;6-5-1-3-7-4-2-5;1-2-4-6-5-3-1/h1-3,9H,8H2,(H,10,11);1-4H,(H2,6,7);1-5H. The van der Waals surface area contributed by atoms with Crippen LogP contribution < -0.4 is 21.6 Å². The molecule has 0 amide bonds. The highest BCUT2D eigenvalue weighted by atomic mass is 16.4. The molecule has 0 aliphatic carbocycles. The molecule has 0 atom stereocenters. The number of rotatable bonds is 1. The van der Waals surface area contributed by atoms with E-state index in [1.54, 1.807) is 36.9 Å². The minimum absolute atomic E-state index is 0.280. The van der Waals surface area contributed by atoms with E-state index in [-0.39, 0.29) is 11.3 Å². The Morgan fingerprint density at radius 1 is 1.00 bits per heavy atom. The first kappa shape index (κ1) is 18.4. The first-order valence-electron chi connectivity index (χ1n) is 6.87. The number of nitrogens with zero attached hydrogens (tertiary/aromatic N) is 1. The molecule has 0 spiro atoms. The molecule has 0 fully saturated rings. The molecule has 7 heteroatoms. The van der Waals surface area contributed by atoms with E-state index in [0.717, 1.165) is 17.8 Å². The van der Waals surface area contributed by atoms with Crippen LogP contribution in [0.3, 0.4) is 0 Å². The van der Waals surface area contributed by atoms with Gasteiger partial charge in [-0.2, -0.15) is 0 Å². The summed E-state index contributed by atoms with van der Waals surface area (Å²) < 4.78 is 0. The largest absolute Gasteiger partial charge is 0.872 e. The highest BCUT2D eigenvalue weighted by molar-refractivity contribution is 5.91. The van der Waals surface area contributed by atoms with Crippen molar-refractivity contribution in [2.24, 2.45) is 0 Å². The molecule has 0 radical (unpaired) electrons. The fourth-order valence-electron chi connectivity index (χ4n) is 1.43. The molecule has 124 valence electrons. The smallest absolute Gasteiger partial charge is 0.335 e. The fourth-order valence-corrected chi connectivity index (χ4v) is 1.43. The summed E-state index contributed by atoms with van der Waals surface area (Å²) in [5.74, 6) is -1.77. The Hall–Kier alpha value is -3.61. The van der Waals surface area contributed by atoms with Gasteiger partial charge in [0.1, 0.15) is 0 Å². The third kappa shape index (κ3) is 7.41. The molecule has 7 nitrogen and oxygen atoms in total. The van der Waals surface area contributed by atoms with Crippen LogP contribution in [0, 0.1) is 0 Å². The lowest BCUT2D eigenvalue weighted by molar-refractivity contribution is -0.377. The topological polar surface area (TPSA) is 139 Å². The Bertz CT molecular complexity index is 711. The van der Waals surface area contributed by atoms with E-state index in [2.05, 4.69) is 9.97 Å². The zero-order valence-electron chi connectivity index (χ0n) is 12.8. The number of carboxylic acids is 1. The summed E-state index contributed by atoms with van der Waals surface area (Å²) in [5, 5.41) is 19.2. The minimum Gasteiger partial charge on any atom is -0.872 e. The van der Waals surface area contributed by atoms with Gasteiger partial charge in [0.2, 0.25) is 0 Å². The number of nitrogens with one attached hydrogen (secondary N) is 1. The average Bonchev–Trinajstić information content (AvgIpc) is 2.60. The Morgan fingerprint density at radius 3 is 1.96 bits per heavy atom. The molecule has 0 saturated heterocycles. The number of H-pyrrole nitrogens is 1. The van der Waals surface area contributed by atoms with Crippen molar-refractivity contribution < 1.29 is 20.0 Å². The van der Waals surface area contributed by atoms with E-state index < -0.39 is 11.7 Å². The summed E-state index contributed by atoms with van der Waals surface area (Å²) in [5.41, 5.74) is 11.4. The molecule has 24 heavy (non-hydrogen) atoms. The quantitative estimate of drug-likeness (QED) is 0.574. The van der Waals surface area contributed by atoms with Gasteiger partial charge in [-0.1, -0.05) is 17.9 Å². The summed E-state index contributed by atoms with van der Waals surface area (Å²) in [6.07, 6.45) is 7.07. The summed E-state index contributed by atoms with van der Waals surface area (Å²) in [4.78, 5) is 17.0. The molecule has 2 heterocycles. The summed E-state index contributed by atoms with van der Waals surface area (Å²) in [7, 11) is 0. The van der Waals surface area contributed by atoms with Crippen molar-refractivity contribution in [3.8, 4) is 5.75 Å². The van der Waals surface area contributed by atoms with E-state index >= 15 is 0 Å². The van der Waals surface area contributed by atoms with E-state index in [4.69, 9.17) is 16.6 Å². The molecule has 0 aliphatic rings. The number of aromatic nitrogens is 2. The van der Waals surface area contributed by atoms with Crippen molar-refractivity contribution in [2.45, 2.75) is 0 Å². The van der Waals surface area contributed by atoms with Crippen molar-refractivity contribution in [3.63, 3.8) is 0 Å². The van der Waals surface area contributed by atoms with Gasteiger partial charge in [0.15, 0.2) is 12.4 Å². The number of carbonyl (C=O) groups is 1. The molecule has 1 aromatic carbocycles. The van der Waals surface area contributed by atoms with Crippen LogP contribution in [0.2, 0.25) is 0 Å². The van der Waals surface area contributed by atoms with Crippen LogP contribution in [0.5, 0.6) is 5.75 Å². The van der Waals surface area contributed by atoms with Crippen LogP contribution in [0.4, 0.5) is 11.4 Å². The van der Waals surface area contributed by atoms with Crippen molar-refractivity contribution in [1.29, 1.82) is 0 Å². The summed E-state index contributed by atoms with van der Waals surface area (Å²) in [6, 6.07) is 13.0. The van der Waals surface area contributed by atoms with Gasteiger partial charge in [0.25, 0.3) is 0 Å². The Balaban J connectivity index is 0.000000191. The number of aromatic carboxylic acids is 1. The second-order valence-electron chi connectivity index (χ2n) is 4.42. The van der Waals surface area contributed by atoms with E-state index in [9.17, 15) is 9.90 Å². The van der Waals surface area contributed by atoms with Gasteiger partial charge in [-0.05, 0) is 24.3 Å². The third-order valence-electron chi connectivity index (χ3n) is 2.54. The lowest BCUT2D eigenvalue weighted by Crippen LogP contribution is -2.04. The Kier molecular flexibility index (Phi) is 7.82. The number of nitrogen functional groups attached to an aromatic ring is 2. The van der Waals surface area contributed by atoms with Gasteiger partial charge >= 0.3 is 5.97 Å². The number of carboxylic acid groups (broad SMARTS) is 1. The van der Waals surface area contributed by atoms with Gasteiger partial charge in [-0.3, -0.25) is 4.98 Å². The normalized spacial score (nSPS) is 8.83. The zero-order valence-corrected chi connectivity index (χ0v) is 12.8. The number of aromatic amines is 1. The van der Waals surface area contributed by atoms with Crippen LogP contribution in [0.1, 0.15) is 10.4 Å². The van der Waals surface area contributed by atoms with Crippen LogP contribution in [0.25, 0.3) is 0 Å². The molecular weight excluding hydrogens is 308 g/mol. The van der Waals surface area contributed by atoms with Gasteiger partial charge < -0.3 is 21.7 Å². The minimum atomic E-state index is -1.25. The molecular formula is C17H18N4O3. The Morgan fingerprint density at radius 2 is 1.62 bits per heavy atom. The number of pyridine rings is 2. The lowest BCUT2D eigenvalue weighted by Gasteiger charge is -2.09. The second kappa shape index (κ2) is 10.2. The van der Waals surface area contributed by atoms with Crippen molar-refractivity contribution in [1.82, 2.24) is 4.98 Å². The first-order chi connectivity index (χ1) is 11.5. The molecule has 6 N–H and O–H groups in total. The third-order valence-corrected chi connectivity index (χ3v) is 2.54. The number of benzene rings is 1. The average molecular weight is 326 g/mol. The maximum absolute atomic E-state index is 10.8. The van der Waals surface area contributed by atoms with Gasteiger partial charge in [-0.15, -0.1) is 0 Å². The molecule has 0 bridgehead atoms. The van der Waals surface area contributed by atoms with Crippen LogP contribution in [-0.4, -0.2) is 16.1 Å². The Labute approximate surface area is 139 Å². The molecule has 2 aromatic heterocycles. The SMILES string of the molecule is Nc1cc[nH+]cc1.Nc1ccc([O-])c(C(=O)O)c1.c1ccncc1. The van der Waals surface area contributed by atoms with Crippen molar-refractivity contribution in [3.05, 3.63) is 78.9 Å². The maximum atomic E-state index is 10.8. The number of hydrogen-bond acceptors (Lipinski definition) is 5. The monoisotopic (exact) mass is 326 g/mol. The van der Waals surface area contributed by atoms with Crippen molar-refractivity contribution >= 4 is 17.3 Å². The zero-order chi connectivity index (χ0) is 17.8. The van der Waals surface area contributed by atoms with E-state index in [1.165, 1.54) is 6.07 Å². The second-order valence-corrected chi connectivity index (χ2v) is 4.42. The number of anilines is 2. The maximum Gasteiger partial charge on any atom is 0.335 e. The van der Waals surface area contributed by atoms with Gasteiger partial charge in [0, 0.05) is 35.9 Å². The lowest BCUT2D eigenvalue weighted by atomic mass is 10.2. The van der Waals surface area contributed by atoms with Crippen LogP contribution in [-0.2, 0) is 0 Å². The van der Waals surface area contributed by atoms with Crippen LogP contribution >= 0.6 is 0 Å². The molecule has 0 saturated carbocycles. The van der Waals surface area contributed by atoms with E-state index in [0.29, 0.717) is 0 Å². The highest BCUT2D eigenvalue weighted by Crippen LogP contribution is 2.16. The van der Waals surface area contributed by atoms with Gasteiger partial charge in [-0.25, -0.2) is 9.78 Å². The molecule has 3 aromatic rings. The molecule has 0 unspecified atom stereocenters. The summed E-state index contributed by atoms with van der Waals surface area (Å²) >= 11 is 0. The molecule has 0 aliphatic heterocycles. The van der Waals surface area contributed by atoms with Crippen LogP contribution in [0.15, 0.2) is 73.3 Å². The first-order valence-corrected chi connectivity index (χ1v) is 6.87. The number of nitrogens with two attached hydrogens (primary N) is 2. The molecule has 3 rings (SSSR count). The fraction of sp³-hybridized carbons (Fsp3) is 0. The predicted molar refractivity (Wildman–Crippen MR) is 88.9 cm³/mol. The van der Waals surface area contributed by atoms with Gasteiger partial charge in [0.05, 0.1) is 5.56 Å². The highest BCUT2D eigenvalue weighted by Gasteiger charge is 2.02.